The van der Waals surface area contributed by atoms with Gasteiger partial charge in [0.05, 0.1) is 5.39 Å². The molecule has 0 radical (unpaired) electrons. The minimum absolute atomic E-state index is 0.197. The Morgan fingerprint density at radius 1 is 1.21 bits per heavy atom. The molecule has 4 rings (SSSR count). The number of benzene rings is 1. The van der Waals surface area contributed by atoms with Crippen LogP contribution in [0.4, 0.5) is 22.1 Å². The largest absolute Gasteiger partial charge is 0.383 e. The highest BCUT2D eigenvalue weighted by molar-refractivity contribution is 6.02. The first-order valence-corrected chi connectivity index (χ1v) is 10.4. The number of carbonyl (C=O) groups is 1. The fourth-order valence-corrected chi connectivity index (χ4v) is 3.42. The topological polar surface area (TPSA) is 124 Å². The summed E-state index contributed by atoms with van der Waals surface area (Å²) >= 11 is 0. The zero-order valence-corrected chi connectivity index (χ0v) is 18.7. The maximum absolute atomic E-state index is 12.4. The predicted octanol–water partition coefficient (Wildman–Crippen LogP) is 4.63. The molecule has 9 nitrogen and oxygen atoms in total. The van der Waals surface area contributed by atoms with Gasteiger partial charge < -0.3 is 20.1 Å². The van der Waals surface area contributed by atoms with Crippen LogP contribution in [-0.2, 0) is 12.0 Å². The van der Waals surface area contributed by atoms with E-state index in [4.69, 9.17) is 16.7 Å². The van der Waals surface area contributed by atoms with Crippen molar-refractivity contribution in [2.75, 3.05) is 16.4 Å². The average Bonchev–Trinajstić information content (AvgIpc) is 3.38. The Bertz CT molecular complexity index is 1340. The molecule has 0 aliphatic heterocycles. The van der Waals surface area contributed by atoms with Crippen LogP contribution in [0.2, 0.25) is 0 Å². The van der Waals surface area contributed by atoms with Crippen LogP contribution in [0.1, 0.15) is 33.0 Å². The molecule has 168 valence electrons. The molecule has 3 heterocycles. The van der Waals surface area contributed by atoms with E-state index >= 15 is 0 Å². The highest BCUT2D eigenvalue weighted by Crippen LogP contribution is 2.33. The second kappa shape index (κ2) is 8.67. The quantitative estimate of drug-likeness (QED) is 0.386. The van der Waals surface area contributed by atoms with Crippen molar-refractivity contribution in [2.45, 2.75) is 39.2 Å². The molecule has 0 unspecified atom stereocenters. The highest BCUT2D eigenvalue weighted by Gasteiger charge is 2.20. The number of amides is 2. The summed E-state index contributed by atoms with van der Waals surface area (Å²) in [5.41, 5.74) is 9.12. The van der Waals surface area contributed by atoms with Crippen molar-refractivity contribution in [3.8, 4) is 23.5 Å². The van der Waals surface area contributed by atoms with Crippen LogP contribution >= 0.6 is 0 Å². The summed E-state index contributed by atoms with van der Waals surface area (Å²) in [6.07, 6.45) is 9.42. The van der Waals surface area contributed by atoms with Gasteiger partial charge in [0.2, 0.25) is 0 Å². The standard InChI is InChI=1S/C24H25N7O2/c1-5-6-11-31-13-17(20-21(25)26-14-27-22(20)31)15-7-9-16(10-8-15)28-23(32)29-19-12-18(33-30-19)24(2,3)4/h1,7-10,12-14H,6,11H2,2-4H3,(H2,25,26,27)(H2,28,29,30,32). The predicted molar refractivity (Wildman–Crippen MR) is 129 cm³/mol. The fourth-order valence-electron chi connectivity index (χ4n) is 3.42. The first-order chi connectivity index (χ1) is 15.8. The Balaban J connectivity index is 1.52. The van der Waals surface area contributed by atoms with Gasteiger partial charge in [0.1, 0.15) is 23.6 Å². The number of rotatable bonds is 5. The van der Waals surface area contributed by atoms with Gasteiger partial charge in [-0.15, -0.1) is 12.3 Å². The molecule has 0 spiro atoms. The van der Waals surface area contributed by atoms with E-state index in [1.54, 1.807) is 6.07 Å². The van der Waals surface area contributed by atoms with Crippen molar-refractivity contribution in [2.24, 2.45) is 0 Å². The summed E-state index contributed by atoms with van der Waals surface area (Å²) in [4.78, 5) is 20.9. The molecule has 0 fully saturated rings. The van der Waals surface area contributed by atoms with Crippen molar-refractivity contribution in [1.82, 2.24) is 19.7 Å². The third-order valence-corrected chi connectivity index (χ3v) is 5.12. The molecule has 0 aliphatic carbocycles. The summed E-state index contributed by atoms with van der Waals surface area (Å²) < 4.78 is 7.27. The monoisotopic (exact) mass is 443 g/mol. The Morgan fingerprint density at radius 2 is 1.97 bits per heavy atom. The van der Waals surface area contributed by atoms with E-state index in [9.17, 15) is 4.79 Å². The number of urea groups is 1. The number of hydrogen-bond acceptors (Lipinski definition) is 6. The van der Waals surface area contributed by atoms with Gasteiger partial charge in [-0.3, -0.25) is 5.32 Å². The van der Waals surface area contributed by atoms with Crippen molar-refractivity contribution >= 4 is 34.4 Å². The molecule has 0 aliphatic rings. The summed E-state index contributed by atoms with van der Waals surface area (Å²) in [6.45, 7) is 6.64. The van der Waals surface area contributed by atoms with E-state index in [0.29, 0.717) is 36.0 Å². The van der Waals surface area contributed by atoms with Gasteiger partial charge in [0.25, 0.3) is 0 Å². The summed E-state index contributed by atoms with van der Waals surface area (Å²) in [6, 6.07) is 8.71. The van der Waals surface area contributed by atoms with Crippen molar-refractivity contribution in [1.29, 1.82) is 0 Å². The molecule has 9 heteroatoms. The zero-order valence-electron chi connectivity index (χ0n) is 18.7. The van der Waals surface area contributed by atoms with E-state index in [1.165, 1.54) is 6.33 Å². The lowest BCUT2D eigenvalue weighted by Gasteiger charge is -2.12. The number of nitrogens with two attached hydrogens (primary N) is 1. The number of hydrogen-bond donors (Lipinski definition) is 3. The Labute approximate surface area is 191 Å². The van der Waals surface area contributed by atoms with Crippen LogP contribution in [0, 0.1) is 12.3 Å². The van der Waals surface area contributed by atoms with E-state index in [-0.39, 0.29) is 5.41 Å². The molecule has 3 aromatic heterocycles. The van der Waals surface area contributed by atoms with E-state index < -0.39 is 6.03 Å². The van der Waals surface area contributed by atoms with E-state index in [2.05, 4.69) is 31.7 Å². The number of nitrogen functional groups attached to an aromatic ring is 1. The van der Waals surface area contributed by atoms with E-state index in [0.717, 1.165) is 22.2 Å². The minimum Gasteiger partial charge on any atom is -0.383 e. The maximum atomic E-state index is 12.4. The number of carbonyl (C=O) groups excluding carboxylic acids is 1. The van der Waals surface area contributed by atoms with Gasteiger partial charge in [0, 0.05) is 41.9 Å². The summed E-state index contributed by atoms with van der Waals surface area (Å²) in [7, 11) is 0. The lowest BCUT2D eigenvalue weighted by molar-refractivity contribution is 0.262. The summed E-state index contributed by atoms with van der Waals surface area (Å²) in [5.74, 6) is 4.08. The number of aromatic nitrogens is 4. The Kier molecular flexibility index (Phi) is 5.75. The van der Waals surface area contributed by atoms with E-state index in [1.807, 2.05) is 55.8 Å². The Morgan fingerprint density at radius 3 is 2.64 bits per heavy atom. The second-order valence-corrected chi connectivity index (χ2v) is 8.63. The molecule has 33 heavy (non-hydrogen) atoms. The number of fused-ring (bicyclic) bond motifs is 1. The van der Waals surface area contributed by atoms with Gasteiger partial charge in [-0.2, -0.15) is 0 Å². The van der Waals surface area contributed by atoms with Crippen LogP contribution in [0.25, 0.3) is 22.2 Å². The van der Waals surface area contributed by atoms with Crippen molar-refractivity contribution < 1.29 is 9.32 Å². The fraction of sp³-hybridized carbons (Fsp3) is 0.250. The molecule has 2 amide bonds. The lowest BCUT2D eigenvalue weighted by atomic mass is 9.93. The zero-order chi connectivity index (χ0) is 23.6. The van der Waals surface area contributed by atoms with Gasteiger partial charge >= 0.3 is 6.03 Å². The molecule has 4 aromatic rings. The van der Waals surface area contributed by atoms with Gasteiger partial charge in [0.15, 0.2) is 5.82 Å². The molecule has 4 N–H and O–H groups in total. The maximum Gasteiger partial charge on any atom is 0.324 e. The van der Waals surface area contributed by atoms with Crippen molar-refractivity contribution in [3.63, 3.8) is 0 Å². The number of nitrogens with zero attached hydrogens (tertiary/aromatic N) is 4. The van der Waals surface area contributed by atoms with Gasteiger partial charge in [-0.1, -0.05) is 38.1 Å². The molecule has 0 saturated carbocycles. The molecule has 0 bridgehead atoms. The smallest absolute Gasteiger partial charge is 0.324 e. The Hall–Kier alpha value is -4.32. The van der Waals surface area contributed by atoms with Crippen LogP contribution in [-0.4, -0.2) is 25.7 Å². The molecule has 1 aromatic carbocycles. The van der Waals surface area contributed by atoms with Crippen LogP contribution < -0.4 is 16.4 Å². The number of nitrogens with one attached hydrogen (secondary N) is 2. The molecule has 0 atom stereocenters. The average molecular weight is 444 g/mol. The first-order valence-electron chi connectivity index (χ1n) is 10.4. The number of terminal acetylenes is 1. The summed E-state index contributed by atoms with van der Waals surface area (Å²) in [5, 5.41) is 10.1. The van der Waals surface area contributed by atoms with Crippen LogP contribution in [0.15, 0.2) is 47.4 Å². The normalized spacial score (nSPS) is 11.3. The lowest BCUT2D eigenvalue weighted by Crippen LogP contribution is -2.19. The van der Waals surface area contributed by atoms with Crippen molar-refractivity contribution in [3.05, 3.63) is 48.6 Å². The van der Waals surface area contributed by atoms with Crippen LogP contribution in [0.5, 0.6) is 0 Å². The molecular formula is C24H25N7O2. The third-order valence-electron chi connectivity index (χ3n) is 5.12. The molecule has 0 saturated heterocycles. The molecular weight excluding hydrogens is 418 g/mol. The third kappa shape index (κ3) is 4.65. The first kappa shape index (κ1) is 21.9. The second-order valence-electron chi connectivity index (χ2n) is 8.63. The number of anilines is 3. The van der Waals surface area contributed by atoms with Gasteiger partial charge in [-0.05, 0) is 17.7 Å². The SMILES string of the molecule is C#CCCn1cc(-c2ccc(NC(=O)Nc3cc(C(C)(C)C)on3)cc2)c2c(N)ncnc21. The minimum atomic E-state index is -0.417. The highest BCUT2D eigenvalue weighted by atomic mass is 16.5. The van der Waals surface area contributed by atoms with Crippen LogP contribution in [0.3, 0.4) is 0 Å². The van der Waals surface area contributed by atoms with Gasteiger partial charge in [-0.25, -0.2) is 14.8 Å². The number of aryl methyl sites for hydroxylation is 1.